The summed E-state index contributed by atoms with van der Waals surface area (Å²) in [6.07, 6.45) is 3.50. The van der Waals surface area contributed by atoms with Crippen LogP contribution in [0.4, 0.5) is 8.78 Å². The van der Waals surface area contributed by atoms with Crippen molar-refractivity contribution in [1.82, 2.24) is 30.0 Å². The summed E-state index contributed by atoms with van der Waals surface area (Å²) in [5.74, 6) is -2.14. The molecule has 3 heterocycles. The lowest BCUT2D eigenvalue weighted by Gasteiger charge is -2.26. The second kappa shape index (κ2) is 7.46. The number of fused-ring (bicyclic) bond motifs is 1. The van der Waals surface area contributed by atoms with Crippen molar-refractivity contribution in [3.05, 3.63) is 70.6 Å². The molecule has 8 nitrogen and oxygen atoms in total. The molecule has 0 aliphatic carbocycles. The van der Waals surface area contributed by atoms with E-state index in [1.165, 1.54) is 12.3 Å². The molecule has 1 aromatic carbocycles. The van der Waals surface area contributed by atoms with Crippen LogP contribution in [-0.2, 0) is 26.6 Å². The first-order chi connectivity index (χ1) is 14.0. The maximum atomic E-state index is 13.7. The van der Waals surface area contributed by atoms with Crippen LogP contribution in [0.3, 0.4) is 0 Å². The molecule has 4 rings (SSSR count). The number of amides is 2. The van der Waals surface area contributed by atoms with E-state index in [2.05, 4.69) is 20.5 Å². The number of benzene rings is 1. The van der Waals surface area contributed by atoms with E-state index in [0.717, 1.165) is 12.1 Å². The fourth-order valence-electron chi connectivity index (χ4n) is 3.36. The topological polar surface area (TPSA) is 95.9 Å². The van der Waals surface area contributed by atoms with Crippen molar-refractivity contribution in [2.45, 2.75) is 19.5 Å². The lowest BCUT2D eigenvalue weighted by molar-refractivity contribution is 0.0722. The van der Waals surface area contributed by atoms with Crippen molar-refractivity contribution < 1.29 is 18.4 Å². The maximum absolute atomic E-state index is 13.7. The second-order valence-corrected chi connectivity index (χ2v) is 6.78. The monoisotopic (exact) mass is 400 g/mol. The minimum atomic E-state index is -0.723. The lowest BCUT2D eigenvalue weighted by atomic mass is 10.0. The number of carbonyl (C=O) groups excluding carboxylic acids is 2. The van der Waals surface area contributed by atoms with Gasteiger partial charge in [-0.15, -0.1) is 0 Å². The summed E-state index contributed by atoms with van der Waals surface area (Å²) >= 11 is 0. The van der Waals surface area contributed by atoms with Crippen molar-refractivity contribution in [3.8, 4) is 0 Å². The SMILES string of the molecule is Cn1cncc1C(=O)N1CCc2c(C(=O)NCc3c(F)cccc3F)n[nH]c2C1. The molecule has 0 fully saturated rings. The van der Waals surface area contributed by atoms with Crippen LogP contribution in [0.2, 0.25) is 0 Å². The Labute approximate surface area is 164 Å². The van der Waals surface area contributed by atoms with Crippen molar-refractivity contribution in [1.29, 1.82) is 0 Å². The summed E-state index contributed by atoms with van der Waals surface area (Å²) in [7, 11) is 1.74. The minimum Gasteiger partial charge on any atom is -0.346 e. The standard InChI is InChI=1S/C19H18F2N6O2/c1-26-10-22-8-16(26)19(29)27-6-5-11-15(9-27)24-25-17(11)18(28)23-7-12-13(20)3-2-4-14(12)21/h2-4,8,10H,5-7,9H2,1H3,(H,23,28)(H,24,25). The van der Waals surface area contributed by atoms with E-state index >= 15 is 0 Å². The molecule has 1 aliphatic rings. The number of hydrogen-bond acceptors (Lipinski definition) is 4. The van der Waals surface area contributed by atoms with Gasteiger partial charge in [-0.25, -0.2) is 13.8 Å². The fourth-order valence-corrected chi connectivity index (χ4v) is 3.36. The van der Waals surface area contributed by atoms with Gasteiger partial charge in [0.05, 0.1) is 24.8 Å². The predicted molar refractivity (Wildman–Crippen MR) is 97.8 cm³/mol. The number of carbonyl (C=O) groups is 2. The Balaban J connectivity index is 1.46. The van der Waals surface area contributed by atoms with Gasteiger partial charge in [-0.3, -0.25) is 14.7 Å². The molecule has 0 radical (unpaired) electrons. The van der Waals surface area contributed by atoms with Crippen LogP contribution in [0, 0.1) is 11.6 Å². The fraction of sp³-hybridized carbons (Fsp3) is 0.263. The minimum absolute atomic E-state index is 0.161. The number of hydrogen-bond donors (Lipinski definition) is 2. The first kappa shape index (κ1) is 18.8. The van der Waals surface area contributed by atoms with E-state index in [1.54, 1.807) is 22.8 Å². The van der Waals surface area contributed by atoms with Crippen molar-refractivity contribution in [3.63, 3.8) is 0 Å². The van der Waals surface area contributed by atoms with E-state index in [9.17, 15) is 18.4 Å². The molecule has 0 bridgehead atoms. The summed E-state index contributed by atoms with van der Waals surface area (Å²) in [5.41, 5.74) is 1.79. The molecular weight excluding hydrogens is 382 g/mol. The van der Waals surface area contributed by atoms with Gasteiger partial charge in [-0.2, -0.15) is 5.10 Å². The largest absolute Gasteiger partial charge is 0.346 e. The first-order valence-electron chi connectivity index (χ1n) is 8.98. The molecule has 2 amide bonds. The van der Waals surface area contributed by atoms with Gasteiger partial charge in [0.25, 0.3) is 11.8 Å². The number of aromatic amines is 1. The molecule has 150 valence electrons. The normalized spacial score (nSPS) is 13.3. The molecule has 3 aromatic rings. The van der Waals surface area contributed by atoms with Gasteiger partial charge in [-0.1, -0.05) is 6.07 Å². The molecular formula is C19H18F2N6O2. The average Bonchev–Trinajstić information content (AvgIpc) is 3.32. The highest BCUT2D eigenvalue weighted by Gasteiger charge is 2.29. The molecule has 0 unspecified atom stereocenters. The lowest BCUT2D eigenvalue weighted by Crippen LogP contribution is -2.37. The van der Waals surface area contributed by atoms with E-state index in [4.69, 9.17) is 0 Å². The van der Waals surface area contributed by atoms with Crippen LogP contribution in [0.1, 0.15) is 37.8 Å². The molecule has 0 saturated carbocycles. The van der Waals surface area contributed by atoms with Crippen LogP contribution in [-0.4, -0.2) is 43.0 Å². The van der Waals surface area contributed by atoms with Gasteiger partial charge in [0.2, 0.25) is 0 Å². The molecule has 1 aliphatic heterocycles. The number of imidazole rings is 1. The van der Waals surface area contributed by atoms with E-state index in [1.807, 2.05) is 0 Å². The van der Waals surface area contributed by atoms with Gasteiger partial charge in [0, 0.05) is 31.3 Å². The van der Waals surface area contributed by atoms with Crippen LogP contribution in [0.5, 0.6) is 0 Å². The van der Waals surface area contributed by atoms with E-state index < -0.39 is 17.5 Å². The number of aryl methyl sites for hydroxylation is 1. The third kappa shape index (κ3) is 3.48. The molecule has 2 aromatic heterocycles. The molecule has 29 heavy (non-hydrogen) atoms. The summed E-state index contributed by atoms with van der Waals surface area (Å²) in [6, 6.07) is 3.53. The van der Waals surface area contributed by atoms with Gasteiger partial charge in [0.1, 0.15) is 17.3 Å². The summed E-state index contributed by atoms with van der Waals surface area (Å²) < 4.78 is 29.1. The molecule has 0 atom stereocenters. The zero-order valence-corrected chi connectivity index (χ0v) is 15.6. The molecule has 0 spiro atoms. The van der Waals surface area contributed by atoms with Crippen LogP contribution >= 0.6 is 0 Å². The maximum Gasteiger partial charge on any atom is 0.272 e. The van der Waals surface area contributed by atoms with Crippen LogP contribution in [0.25, 0.3) is 0 Å². The Hall–Kier alpha value is -3.56. The van der Waals surface area contributed by atoms with E-state index in [-0.39, 0.29) is 30.3 Å². The summed E-state index contributed by atoms with van der Waals surface area (Å²) in [4.78, 5) is 30.7. The summed E-state index contributed by atoms with van der Waals surface area (Å²) in [5, 5.41) is 9.35. The van der Waals surface area contributed by atoms with Crippen molar-refractivity contribution >= 4 is 11.8 Å². The molecule has 10 heteroatoms. The average molecular weight is 400 g/mol. The van der Waals surface area contributed by atoms with Crippen molar-refractivity contribution in [2.75, 3.05) is 6.54 Å². The predicted octanol–water partition coefficient (Wildman–Crippen LogP) is 1.55. The Morgan fingerprint density at radius 1 is 1.28 bits per heavy atom. The van der Waals surface area contributed by atoms with Gasteiger partial charge in [0.15, 0.2) is 5.69 Å². The molecule has 0 saturated heterocycles. The number of rotatable bonds is 4. The van der Waals surface area contributed by atoms with Crippen molar-refractivity contribution in [2.24, 2.45) is 7.05 Å². The smallest absolute Gasteiger partial charge is 0.272 e. The van der Waals surface area contributed by atoms with Crippen LogP contribution < -0.4 is 5.32 Å². The Morgan fingerprint density at radius 3 is 2.72 bits per heavy atom. The number of nitrogens with one attached hydrogen (secondary N) is 2. The second-order valence-electron chi connectivity index (χ2n) is 6.78. The Kier molecular flexibility index (Phi) is 4.83. The quantitative estimate of drug-likeness (QED) is 0.695. The Morgan fingerprint density at radius 2 is 2.03 bits per heavy atom. The third-order valence-electron chi connectivity index (χ3n) is 4.96. The number of aromatic nitrogens is 4. The third-order valence-corrected chi connectivity index (χ3v) is 4.96. The van der Waals surface area contributed by atoms with Gasteiger partial charge in [-0.05, 0) is 18.6 Å². The van der Waals surface area contributed by atoms with E-state index in [0.29, 0.717) is 29.9 Å². The number of H-pyrrole nitrogens is 1. The van der Waals surface area contributed by atoms with Crippen LogP contribution in [0.15, 0.2) is 30.7 Å². The highest BCUT2D eigenvalue weighted by molar-refractivity contribution is 5.95. The zero-order valence-electron chi connectivity index (χ0n) is 15.6. The first-order valence-corrected chi connectivity index (χ1v) is 8.98. The van der Waals surface area contributed by atoms with Gasteiger partial charge < -0.3 is 14.8 Å². The Bertz CT molecular complexity index is 1070. The zero-order chi connectivity index (χ0) is 20.5. The highest BCUT2D eigenvalue weighted by atomic mass is 19.1. The number of nitrogens with zero attached hydrogens (tertiary/aromatic N) is 4. The summed E-state index contributed by atoms with van der Waals surface area (Å²) in [6.45, 7) is 0.407. The highest BCUT2D eigenvalue weighted by Crippen LogP contribution is 2.22. The number of halogens is 2. The van der Waals surface area contributed by atoms with Gasteiger partial charge >= 0.3 is 0 Å². The molecule has 2 N–H and O–H groups in total.